The lowest BCUT2D eigenvalue weighted by atomic mass is 9.88. The van der Waals surface area contributed by atoms with E-state index in [1.807, 2.05) is 6.07 Å². The van der Waals surface area contributed by atoms with Crippen LogP contribution in [0.5, 0.6) is 0 Å². The second kappa shape index (κ2) is 30.4. The fraction of sp³-hybridized carbons (Fsp3) is 0.556. The number of likely N-dealkylation sites (tertiary alicyclic amines) is 2. The van der Waals surface area contributed by atoms with E-state index in [1.54, 1.807) is 45.6 Å². The quantitative estimate of drug-likeness (QED) is 0.0460. The van der Waals surface area contributed by atoms with Crippen molar-refractivity contribution in [1.29, 1.82) is 5.26 Å². The Labute approximate surface area is 520 Å². The predicted molar refractivity (Wildman–Crippen MR) is 328 cm³/mol. The molecule has 1 saturated carbocycles. The van der Waals surface area contributed by atoms with E-state index in [-0.39, 0.29) is 130 Å². The van der Waals surface area contributed by atoms with Gasteiger partial charge in [0.15, 0.2) is 5.78 Å². The molecule has 23 nitrogen and oxygen atoms in total. The SMILES string of the molecule is CN[C@H](C)C(=O)N[C@@H](C(=O)N1CCC[C@@H]1C1=NC(C(=O)c2ccc(F)cc2)CS1)C1CCN(C(=O)CCOCCOCCOCCOCCC(=O)NCCn2nc3c(c2C#N)-c2cnc(N)c(c2)N2CCC[C@@H]2c2cc(F)ccc2C(=O)N(C2CC2)C3)CC1. The van der Waals surface area contributed by atoms with Crippen molar-refractivity contribution in [2.24, 2.45) is 10.9 Å². The number of carbonyl (C=O) groups excluding carboxylic acids is 6. The molecule has 0 spiro atoms. The van der Waals surface area contributed by atoms with Crippen molar-refractivity contribution in [2.45, 2.75) is 120 Å². The minimum absolute atomic E-state index is 0.0291. The average molecular weight is 1250 g/mol. The first-order chi connectivity index (χ1) is 43.2. The van der Waals surface area contributed by atoms with Crippen molar-refractivity contribution >= 4 is 63.6 Å². The summed E-state index contributed by atoms with van der Waals surface area (Å²) in [6, 6.07) is 11.4. The summed E-state index contributed by atoms with van der Waals surface area (Å²) in [6.07, 6.45) is 7.50. The molecule has 5 amide bonds. The molecule has 0 radical (unpaired) electrons. The van der Waals surface area contributed by atoms with Crippen LogP contribution in [-0.2, 0) is 51.2 Å². The second-order valence-electron chi connectivity index (χ2n) is 23.3. The maximum absolute atomic E-state index is 14.9. The first-order valence-electron chi connectivity index (χ1n) is 31.0. The van der Waals surface area contributed by atoms with E-state index in [2.05, 4.69) is 31.9 Å². The summed E-state index contributed by atoms with van der Waals surface area (Å²) in [4.78, 5) is 98.3. The number of hydrogen-bond donors (Lipinski definition) is 4. The highest BCUT2D eigenvalue weighted by Crippen LogP contribution is 2.44. The van der Waals surface area contributed by atoms with Crippen LogP contribution < -0.4 is 26.6 Å². The number of nitrogens with two attached hydrogens (primary N) is 1. The third-order valence-corrected chi connectivity index (χ3v) is 18.6. The number of thioether (sulfide) groups is 1. The van der Waals surface area contributed by atoms with Gasteiger partial charge in [-0.25, -0.2) is 13.8 Å². The van der Waals surface area contributed by atoms with Gasteiger partial charge in [-0.1, -0.05) is 0 Å². The number of nitriles is 1. The Bertz CT molecular complexity index is 3280. The van der Waals surface area contributed by atoms with Gasteiger partial charge in [-0.15, -0.1) is 11.8 Å². The van der Waals surface area contributed by atoms with Crippen molar-refractivity contribution < 1.29 is 56.5 Å². The number of carbonyl (C=O) groups is 6. The van der Waals surface area contributed by atoms with Crippen LogP contribution in [-0.4, -0.2) is 198 Å². The predicted octanol–water partition coefficient (Wildman–Crippen LogP) is 4.82. The topological polar surface area (TPSA) is 281 Å². The van der Waals surface area contributed by atoms with E-state index in [4.69, 9.17) is 34.8 Å². The van der Waals surface area contributed by atoms with Crippen molar-refractivity contribution in [3.63, 3.8) is 0 Å². The largest absolute Gasteiger partial charge is 0.382 e. The molecule has 10 rings (SSSR count). The van der Waals surface area contributed by atoms with E-state index in [9.17, 15) is 42.8 Å². The molecule has 2 bridgehead atoms. The van der Waals surface area contributed by atoms with Crippen molar-refractivity contribution in [3.05, 3.63) is 94.4 Å². The number of Topliss-reactive ketones (excluding diaryl/α,β-unsaturated/α-hetero) is 1. The van der Waals surface area contributed by atoms with Crippen LogP contribution in [0.3, 0.4) is 0 Å². The molecule has 1 unspecified atom stereocenters. The highest BCUT2D eigenvalue weighted by molar-refractivity contribution is 8.14. The van der Waals surface area contributed by atoms with Gasteiger partial charge >= 0.3 is 0 Å². The van der Waals surface area contributed by atoms with E-state index < -0.39 is 29.8 Å². The molecule has 2 aromatic heterocycles. The lowest BCUT2D eigenvalue weighted by molar-refractivity contribution is -0.140. The lowest BCUT2D eigenvalue weighted by Crippen LogP contribution is -2.58. The number of amides is 5. The Morgan fingerprint density at radius 1 is 0.820 bits per heavy atom. The number of ketones is 1. The molecule has 4 aromatic rings. The number of likely N-dealkylation sites (N-methyl/N-ethyl adjacent to an activating group) is 1. The first-order valence-corrected chi connectivity index (χ1v) is 32.0. The number of halogens is 2. The molecule has 6 aliphatic rings. The number of hydrogen-bond acceptors (Lipinski definition) is 18. The molecule has 89 heavy (non-hydrogen) atoms. The van der Waals surface area contributed by atoms with Gasteiger partial charge in [0.2, 0.25) is 23.6 Å². The van der Waals surface area contributed by atoms with Gasteiger partial charge in [0, 0.05) is 79.4 Å². The molecule has 3 saturated heterocycles. The van der Waals surface area contributed by atoms with Gasteiger partial charge in [-0.2, -0.15) is 10.4 Å². The van der Waals surface area contributed by atoms with Gasteiger partial charge in [0.25, 0.3) is 5.91 Å². The van der Waals surface area contributed by atoms with Gasteiger partial charge < -0.3 is 60.2 Å². The Kier molecular flexibility index (Phi) is 22.1. The first kappa shape index (κ1) is 64.6. The second-order valence-corrected chi connectivity index (χ2v) is 24.3. The summed E-state index contributed by atoms with van der Waals surface area (Å²) >= 11 is 1.46. The number of aliphatic imine (C=N–C) groups is 1. The summed E-state index contributed by atoms with van der Waals surface area (Å²) in [5.41, 5.74) is 10.5. The number of aromatic nitrogens is 3. The van der Waals surface area contributed by atoms with Gasteiger partial charge in [-0.05, 0) is 125 Å². The normalized spacial score (nSPS) is 20.0. The van der Waals surface area contributed by atoms with Crippen LogP contribution in [0.1, 0.15) is 115 Å². The standard InChI is InChI=1S/C63H79F2N13O10S/c1-39(68-2)60(82)72-57(63(84)76-21-4-6-51(76)61-71-49(38-89-61)58(81)41-7-9-43(64)10-8-41)40-15-22-74(23-16-40)55(80)18-26-86-28-30-88-32-31-87-29-27-85-25-17-54(79)69-19-24-78-53(35-66)56-42-33-52(59(67)70-36-42)75-20-3-5-50(75)47-34-44(65)11-14-46(47)62(83)77(45-12-13-45)37-48(56)73-78/h7-11,14,33-34,36,39-40,45,49-51,57,68H,3-6,12-13,15-32,37-38H2,1-2H3,(H2,67,70)(H,69,79)(H,72,82)/t39-,49?,50-,51-,57-/m1/s1. The van der Waals surface area contributed by atoms with Gasteiger partial charge in [-0.3, -0.25) is 38.4 Å². The fourth-order valence-electron chi connectivity index (χ4n) is 12.4. The molecule has 2 aromatic carbocycles. The van der Waals surface area contributed by atoms with Crippen LogP contribution in [0.25, 0.3) is 11.1 Å². The molecule has 5 atom stereocenters. The number of piperidine rings is 1. The zero-order valence-electron chi connectivity index (χ0n) is 50.5. The summed E-state index contributed by atoms with van der Waals surface area (Å²) in [7, 11) is 1.68. The molecule has 5 aliphatic heterocycles. The van der Waals surface area contributed by atoms with Crippen LogP contribution in [0.15, 0.2) is 59.7 Å². The zero-order chi connectivity index (χ0) is 62.6. The van der Waals surface area contributed by atoms with Crippen molar-refractivity contribution in [1.82, 2.24) is 45.4 Å². The Hall–Kier alpha value is -7.41. The Balaban J connectivity index is 0.595. The number of nitrogen functional groups attached to an aromatic ring is 1. The number of nitrogens with zero attached hydrogens (tertiary/aromatic N) is 9. The molecule has 5 N–H and O–H groups in total. The smallest absolute Gasteiger partial charge is 0.254 e. The third-order valence-electron chi connectivity index (χ3n) is 17.4. The van der Waals surface area contributed by atoms with Crippen LogP contribution in [0.4, 0.5) is 20.3 Å². The molecular formula is C63H79F2N13O10S. The van der Waals surface area contributed by atoms with E-state index in [0.29, 0.717) is 128 Å². The zero-order valence-corrected chi connectivity index (χ0v) is 51.3. The maximum atomic E-state index is 14.9. The number of ether oxygens (including phenoxy) is 4. The van der Waals surface area contributed by atoms with Crippen LogP contribution in [0, 0.1) is 28.9 Å². The number of benzene rings is 2. The third kappa shape index (κ3) is 15.8. The molecule has 4 fully saturated rings. The molecule has 476 valence electrons. The highest BCUT2D eigenvalue weighted by Gasteiger charge is 2.44. The van der Waals surface area contributed by atoms with Gasteiger partial charge in [0.05, 0.1) is 107 Å². The summed E-state index contributed by atoms with van der Waals surface area (Å²) in [6.45, 7) is 6.34. The summed E-state index contributed by atoms with van der Waals surface area (Å²) in [5.74, 6) is -1.56. The monoisotopic (exact) mass is 1250 g/mol. The number of pyridine rings is 1. The molecule has 1 aliphatic carbocycles. The average Bonchev–Trinajstić information content (AvgIpc) is 2.79. The van der Waals surface area contributed by atoms with Crippen LogP contribution in [0.2, 0.25) is 0 Å². The minimum Gasteiger partial charge on any atom is -0.382 e. The highest BCUT2D eigenvalue weighted by atomic mass is 32.2. The molecular weight excluding hydrogens is 1170 g/mol. The van der Waals surface area contributed by atoms with Gasteiger partial charge in [0.1, 0.15) is 41.3 Å². The number of anilines is 2. The molecule has 26 heteroatoms. The number of nitrogens with one attached hydrogen (secondary N) is 3. The minimum atomic E-state index is -0.807. The van der Waals surface area contributed by atoms with E-state index >= 15 is 0 Å². The van der Waals surface area contributed by atoms with E-state index in [0.717, 1.165) is 25.7 Å². The number of rotatable bonds is 27. The van der Waals surface area contributed by atoms with Crippen molar-refractivity contribution in [2.75, 3.05) is 109 Å². The van der Waals surface area contributed by atoms with Crippen molar-refractivity contribution in [3.8, 4) is 17.2 Å². The summed E-state index contributed by atoms with van der Waals surface area (Å²) < 4.78 is 52.6. The lowest BCUT2D eigenvalue weighted by Gasteiger charge is -2.38. The maximum Gasteiger partial charge on any atom is 0.254 e. The Morgan fingerprint density at radius 3 is 2.19 bits per heavy atom. The van der Waals surface area contributed by atoms with Crippen LogP contribution >= 0.6 is 11.8 Å². The fourth-order valence-corrected chi connectivity index (χ4v) is 13.6. The Morgan fingerprint density at radius 2 is 1.49 bits per heavy atom. The number of fused-ring (bicyclic) bond motifs is 8. The summed E-state index contributed by atoms with van der Waals surface area (Å²) in [5, 5.41) is 25.1. The molecule has 7 heterocycles. The van der Waals surface area contributed by atoms with E-state index in [1.165, 1.54) is 48.2 Å².